The standard InChI is InChI=1S/C18H18N4/c1-12-14(18-21-11-10-16(20-2)22-18)8-9-15(19)17(12)13-6-4-3-5-7-13/h3-11H,19H2,1-2H3,(H,20,21,22). The van der Waals surface area contributed by atoms with Crippen molar-refractivity contribution in [3.05, 3.63) is 60.3 Å². The van der Waals surface area contributed by atoms with Crippen LogP contribution >= 0.6 is 0 Å². The van der Waals surface area contributed by atoms with Gasteiger partial charge < -0.3 is 11.1 Å². The zero-order chi connectivity index (χ0) is 15.5. The first-order valence-electron chi connectivity index (χ1n) is 7.16. The molecule has 4 nitrogen and oxygen atoms in total. The van der Waals surface area contributed by atoms with E-state index in [4.69, 9.17) is 5.73 Å². The lowest BCUT2D eigenvalue weighted by Crippen LogP contribution is -2.00. The molecule has 0 aliphatic carbocycles. The van der Waals surface area contributed by atoms with E-state index in [9.17, 15) is 0 Å². The van der Waals surface area contributed by atoms with E-state index in [1.807, 2.05) is 43.4 Å². The van der Waals surface area contributed by atoms with Crippen molar-refractivity contribution in [3.63, 3.8) is 0 Å². The number of anilines is 2. The van der Waals surface area contributed by atoms with Crippen LogP contribution < -0.4 is 11.1 Å². The molecule has 0 atom stereocenters. The second kappa shape index (κ2) is 5.85. The number of hydrogen-bond donors (Lipinski definition) is 2. The summed E-state index contributed by atoms with van der Waals surface area (Å²) in [4.78, 5) is 8.91. The van der Waals surface area contributed by atoms with Gasteiger partial charge in [-0.15, -0.1) is 0 Å². The van der Waals surface area contributed by atoms with Gasteiger partial charge in [-0.25, -0.2) is 9.97 Å². The molecule has 0 spiro atoms. The topological polar surface area (TPSA) is 63.8 Å². The Balaban J connectivity index is 2.18. The molecule has 110 valence electrons. The SMILES string of the molecule is CNc1ccnc(-c2ccc(N)c(-c3ccccc3)c2C)n1. The summed E-state index contributed by atoms with van der Waals surface area (Å²) in [6, 6.07) is 15.9. The van der Waals surface area contributed by atoms with E-state index in [2.05, 4.69) is 34.3 Å². The smallest absolute Gasteiger partial charge is 0.161 e. The lowest BCUT2D eigenvalue weighted by molar-refractivity contribution is 1.16. The fraction of sp³-hybridized carbons (Fsp3) is 0.111. The van der Waals surface area contributed by atoms with E-state index in [1.54, 1.807) is 6.20 Å². The third-order valence-electron chi connectivity index (χ3n) is 3.71. The molecule has 22 heavy (non-hydrogen) atoms. The molecule has 0 aliphatic rings. The number of nitrogens with zero attached hydrogens (tertiary/aromatic N) is 2. The third-order valence-corrected chi connectivity index (χ3v) is 3.71. The Morgan fingerprint density at radius 1 is 1.00 bits per heavy atom. The van der Waals surface area contributed by atoms with Gasteiger partial charge in [-0.1, -0.05) is 30.3 Å². The van der Waals surface area contributed by atoms with Crippen LogP contribution in [0.15, 0.2) is 54.7 Å². The quantitative estimate of drug-likeness (QED) is 0.721. The highest BCUT2D eigenvalue weighted by Gasteiger charge is 2.13. The minimum atomic E-state index is 0.696. The molecular formula is C18H18N4. The molecule has 0 bridgehead atoms. The largest absolute Gasteiger partial charge is 0.398 e. The van der Waals surface area contributed by atoms with E-state index in [1.165, 1.54) is 0 Å². The van der Waals surface area contributed by atoms with Crippen molar-refractivity contribution >= 4 is 11.5 Å². The second-order valence-electron chi connectivity index (χ2n) is 5.08. The maximum absolute atomic E-state index is 6.20. The van der Waals surface area contributed by atoms with Gasteiger partial charge in [0.05, 0.1) is 0 Å². The van der Waals surface area contributed by atoms with Gasteiger partial charge in [-0.2, -0.15) is 0 Å². The van der Waals surface area contributed by atoms with Gasteiger partial charge >= 0.3 is 0 Å². The molecule has 0 saturated heterocycles. The van der Waals surface area contributed by atoms with E-state index in [0.717, 1.165) is 33.8 Å². The molecule has 3 aromatic rings. The molecule has 0 aliphatic heterocycles. The predicted octanol–water partition coefficient (Wildman–Crippen LogP) is 3.74. The third kappa shape index (κ3) is 2.51. The fourth-order valence-corrected chi connectivity index (χ4v) is 2.59. The van der Waals surface area contributed by atoms with Gasteiger partial charge in [0, 0.05) is 30.1 Å². The average molecular weight is 290 g/mol. The van der Waals surface area contributed by atoms with Gasteiger partial charge in [0.25, 0.3) is 0 Å². The Morgan fingerprint density at radius 3 is 2.50 bits per heavy atom. The fourth-order valence-electron chi connectivity index (χ4n) is 2.59. The van der Waals surface area contributed by atoms with Crippen LogP contribution in [0.5, 0.6) is 0 Å². The molecule has 2 aromatic carbocycles. The maximum Gasteiger partial charge on any atom is 0.161 e. The average Bonchev–Trinajstić information content (AvgIpc) is 2.56. The van der Waals surface area contributed by atoms with E-state index < -0.39 is 0 Å². The van der Waals surface area contributed by atoms with Crippen LogP contribution in [-0.4, -0.2) is 17.0 Å². The predicted molar refractivity (Wildman–Crippen MR) is 91.6 cm³/mol. The summed E-state index contributed by atoms with van der Waals surface area (Å²) in [6.07, 6.45) is 1.76. The first kappa shape index (κ1) is 14.1. The van der Waals surface area contributed by atoms with E-state index in [-0.39, 0.29) is 0 Å². The number of nitrogens with one attached hydrogen (secondary N) is 1. The number of rotatable bonds is 3. The highest BCUT2D eigenvalue weighted by molar-refractivity contribution is 5.85. The molecule has 0 unspecified atom stereocenters. The van der Waals surface area contributed by atoms with E-state index in [0.29, 0.717) is 5.82 Å². The first-order valence-corrected chi connectivity index (χ1v) is 7.16. The highest BCUT2D eigenvalue weighted by atomic mass is 15.0. The van der Waals surface area contributed by atoms with Crippen molar-refractivity contribution in [1.29, 1.82) is 0 Å². The number of aromatic nitrogens is 2. The van der Waals surface area contributed by atoms with Gasteiger partial charge in [0.2, 0.25) is 0 Å². The van der Waals surface area contributed by atoms with Crippen LogP contribution in [0.25, 0.3) is 22.5 Å². The van der Waals surface area contributed by atoms with E-state index >= 15 is 0 Å². The molecular weight excluding hydrogens is 272 g/mol. The Morgan fingerprint density at radius 2 is 1.77 bits per heavy atom. The molecule has 3 N–H and O–H groups in total. The number of nitrogen functional groups attached to an aromatic ring is 1. The molecule has 4 heteroatoms. The number of nitrogens with two attached hydrogens (primary N) is 1. The van der Waals surface area contributed by atoms with Crippen molar-refractivity contribution in [2.45, 2.75) is 6.92 Å². The van der Waals surface area contributed by atoms with Crippen LogP contribution in [0, 0.1) is 6.92 Å². The molecule has 1 aromatic heterocycles. The minimum absolute atomic E-state index is 0.696. The highest BCUT2D eigenvalue weighted by Crippen LogP contribution is 2.34. The van der Waals surface area contributed by atoms with Gasteiger partial charge in [0.15, 0.2) is 5.82 Å². The molecule has 0 fully saturated rings. The van der Waals surface area contributed by atoms with Crippen LogP contribution in [0.4, 0.5) is 11.5 Å². The zero-order valence-corrected chi connectivity index (χ0v) is 12.7. The lowest BCUT2D eigenvalue weighted by Gasteiger charge is -2.14. The van der Waals surface area contributed by atoms with Crippen LogP contribution in [0.3, 0.4) is 0 Å². The van der Waals surface area contributed by atoms with Crippen LogP contribution in [-0.2, 0) is 0 Å². The summed E-state index contributed by atoms with van der Waals surface area (Å²) >= 11 is 0. The van der Waals surface area contributed by atoms with Crippen molar-refractivity contribution in [1.82, 2.24) is 9.97 Å². The van der Waals surface area contributed by atoms with Gasteiger partial charge in [0.1, 0.15) is 5.82 Å². The van der Waals surface area contributed by atoms with Gasteiger partial charge in [-0.05, 0) is 36.2 Å². The Hall–Kier alpha value is -2.88. The summed E-state index contributed by atoms with van der Waals surface area (Å²) in [5, 5.41) is 3.04. The van der Waals surface area contributed by atoms with Crippen molar-refractivity contribution in [2.75, 3.05) is 18.1 Å². The summed E-state index contributed by atoms with van der Waals surface area (Å²) in [5.41, 5.74) is 11.2. The Kier molecular flexibility index (Phi) is 3.74. The van der Waals surface area contributed by atoms with Crippen molar-refractivity contribution in [3.8, 4) is 22.5 Å². The maximum atomic E-state index is 6.20. The number of hydrogen-bond acceptors (Lipinski definition) is 4. The number of benzene rings is 2. The van der Waals surface area contributed by atoms with Gasteiger partial charge in [-0.3, -0.25) is 0 Å². The molecule has 3 rings (SSSR count). The summed E-state index contributed by atoms with van der Waals surface area (Å²) in [5.74, 6) is 1.49. The first-order chi connectivity index (χ1) is 10.7. The zero-order valence-electron chi connectivity index (χ0n) is 12.7. The van der Waals surface area contributed by atoms with Crippen molar-refractivity contribution in [2.24, 2.45) is 0 Å². The molecule has 0 amide bonds. The molecule has 1 heterocycles. The molecule has 0 radical (unpaired) electrons. The normalized spacial score (nSPS) is 10.5. The summed E-state index contributed by atoms with van der Waals surface area (Å²) in [7, 11) is 1.84. The lowest BCUT2D eigenvalue weighted by atomic mass is 9.94. The second-order valence-corrected chi connectivity index (χ2v) is 5.08. The Labute approximate surface area is 130 Å². The summed E-state index contributed by atoms with van der Waals surface area (Å²) < 4.78 is 0. The molecule has 0 saturated carbocycles. The van der Waals surface area contributed by atoms with Crippen molar-refractivity contribution < 1.29 is 0 Å². The monoisotopic (exact) mass is 290 g/mol. The Bertz CT molecular complexity index is 797. The van der Waals surface area contributed by atoms with Crippen LogP contribution in [0.1, 0.15) is 5.56 Å². The van der Waals surface area contributed by atoms with Crippen LogP contribution in [0.2, 0.25) is 0 Å². The summed E-state index contributed by atoms with van der Waals surface area (Å²) in [6.45, 7) is 2.06. The minimum Gasteiger partial charge on any atom is -0.398 e.